The molecule has 2 aromatic heterocycles. The molecular weight excluding hydrogens is 228 g/mol. The molecule has 0 N–H and O–H groups in total. The van der Waals surface area contributed by atoms with Gasteiger partial charge in [0.05, 0.1) is 16.9 Å². The monoisotopic (exact) mass is 240 g/mol. The van der Waals surface area contributed by atoms with Gasteiger partial charge in [-0.3, -0.25) is 0 Å². The van der Waals surface area contributed by atoms with E-state index in [1.807, 2.05) is 24.3 Å². The predicted molar refractivity (Wildman–Crippen MR) is 72.2 cm³/mol. The molecule has 0 unspecified atom stereocenters. The minimum absolute atomic E-state index is 0.966. The van der Waals surface area contributed by atoms with Gasteiger partial charge in [0, 0.05) is 10.8 Å². The molecule has 0 aliphatic carbocycles. The third kappa shape index (κ3) is 1.94. The van der Waals surface area contributed by atoms with E-state index >= 15 is 0 Å². The van der Waals surface area contributed by atoms with Gasteiger partial charge >= 0.3 is 0 Å². The fourth-order valence-corrected chi connectivity index (χ4v) is 2.64. The average molecular weight is 240 g/mol. The summed E-state index contributed by atoms with van der Waals surface area (Å²) < 4.78 is 0. The fraction of sp³-hybridized carbons (Fsp3) is 0.143. The van der Waals surface area contributed by atoms with Gasteiger partial charge in [-0.25, -0.2) is 9.97 Å². The molecule has 2 heterocycles. The van der Waals surface area contributed by atoms with Gasteiger partial charge in [0.1, 0.15) is 5.01 Å². The van der Waals surface area contributed by atoms with Crippen LogP contribution in [0.25, 0.3) is 21.6 Å². The lowest BCUT2D eigenvalue weighted by molar-refractivity contribution is 1.06. The Labute approximate surface area is 104 Å². The van der Waals surface area contributed by atoms with Crippen molar-refractivity contribution in [3.63, 3.8) is 0 Å². The molecule has 0 saturated heterocycles. The zero-order chi connectivity index (χ0) is 11.7. The van der Waals surface area contributed by atoms with Crippen molar-refractivity contribution in [1.29, 1.82) is 0 Å². The number of aromatic nitrogens is 2. The molecule has 0 aliphatic rings. The normalized spacial score (nSPS) is 10.9. The topological polar surface area (TPSA) is 25.8 Å². The van der Waals surface area contributed by atoms with E-state index in [-0.39, 0.29) is 0 Å². The molecule has 0 spiro atoms. The van der Waals surface area contributed by atoms with Crippen LogP contribution in [0.5, 0.6) is 0 Å². The second kappa shape index (κ2) is 4.26. The average Bonchev–Trinajstić information content (AvgIpc) is 2.87. The van der Waals surface area contributed by atoms with Crippen LogP contribution in [0.2, 0.25) is 0 Å². The second-order valence-electron chi connectivity index (χ2n) is 3.89. The zero-order valence-electron chi connectivity index (χ0n) is 9.55. The summed E-state index contributed by atoms with van der Waals surface area (Å²) in [6, 6.07) is 12.3. The number of benzene rings is 1. The summed E-state index contributed by atoms with van der Waals surface area (Å²) in [7, 11) is 0. The summed E-state index contributed by atoms with van der Waals surface area (Å²) in [5, 5.41) is 4.28. The van der Waals surface area contributed by atoms with Crippen molar-refractivity contribution in [3.8, 4) is 10.7 Å². The van der Waals surface area contributed by atoms with E-state index in [0.29, 0.717) is 0 Å². The maximum atomic E-state index is 4.64. The van der Waals surface area contributed by atoms with Crippen molar-refractivity contribution < 1.29 is 0 Å². The van der Waals surface area contributed by atoms with Gasteiger partial charge in [-0.05, 0) is 18.6 Å². The first-order chi connectivity index (χ1) is 8.36. The zero-order valence-corrected chi connectivity index (χ0v) is 10.4. The van der Waals surface area contributed by atoms with Crippen molar-refractivity contribution in [2.45, 2.75) is 13.3 Å². The van der Waals surface area contributed by atoms with Gasteiger partial charge in [-0.2, -0.15) is 0 Å². The van der Waals surface area contributed by atoms with E-state index in [0.717, 1.165) is 28.3 Å². The van der Waals surface area contributed by atoms with Crippen LogP contribution in [0.3, 0.4) is 0 Å². The molecule has 0 bridgehead atoms. The molecule has 84 valence electrons. The third-order valence-corrected chi connectivity index (χ3v) is 3.65. The smallest absolute Gasteiger partial charge is 0.142 e. The van der Waals surface area contributed by atoms with Gasteiger partial charge in [0.25, 0.3) is 0 Å². The van der Waals surface area contributed by atoms with Crippen molar-refractivity contribution in [3.05, 3.63) is 47.5 Å². The number of nitrogens with zero attached hydrogens (tertiary/aromatic N) is 2. The summed E-state index contributed by atoms with van der Waals surface area (Å²) >= 11 is 1.66. The molecule has 17 heavy (non-hydrogen) atoms. The minimum Gasteiger partial charge on any atom is -0.245 e. The lowest BCUT2D eigenvalue weighted by atomic mass is 10.2. The third-order valence-electron chi connectivity index (χ3n) is 2.73. The van der Waals surface area contributed by atoms with Gasteiger partial charge in [0.15, 0.2) is 0 Å². The van der Waals surface area contributed by atoms with Crippen LogP contribution in [-0.4, -0.2) is 9.97 Å². The SMILES string of the molecule is CCc1csc(-c2ccc3ccccc3n2)n1. The number of para-hydroxylation sites is 1. The lowest BCUT2D eigenvalue weighted by Gasteiger charge is -1.99. The molecule has 1 aromatic carbocycles. The van der Waals surface area contributed by atoms with Gasteiger partial charge in [0.2, 0.25) is 0 Å². The highest BCUT2D eigenvalue weighted by molar-refractivity contribution is 7.13. The first-order valence-electron chi connectivity index (χ1n) is 5.67. The highest BCUT2D eigenvalue weighted by Gasteiger charge is 2.05. The largest absolute Gasteiger partial charge is 0.245 e. The number of pyridine rings is 1. The number of rotatable bonds is 2. The van der Waals surface area contributed by atoms with Crippen LogP contribution in [-0.2, 0) is 6.42 Å². The van der Waals surface area contributed by atoms with Crippen LogP contribution >= 0.6 is 11.3 Å². The molecule has 3 aromatic rings. The summed E-state index contributed by atoms with van der Waals surface area (Å²) in [5.74, 6) is 0. The van der Waals surface area contributed by atoms with Crippen molar-refractivity contribution in [1.82, 2.24) is 9.97 Å². The maximum absolute atomic E-state index is 4.64. The quantitative estimate of drug-likeness (QED) is 0.678. The van der Waals surface area contributed by atoms with Crippen LogP contribution < -0.4 is 0 Å². The van der Waals surface area contributed by atoms with E-state index in [9.17, 15) is 0 Å². The molecule has 0 fully saturated rings. The van der Waals surface area contributed by atoms with Gasteiger partial charge in [-0.1, -0.05) is 31.2 Å². The van der Waals surface area contributed by atoms with Gasteiger partial charge < -0.3 is 0 Å². The number of aryl methyl sites for hydroxylation is 1. The summed E-state index contributed by atoms with van der Waals surface area (Å²) in [5.41, 5.74) is 3.13. The Kier molecular flexibility index (Phi) is 2.61. The maximum Gasteiger partial charge on any atom is 0.142 e. The lowest BCUT2D eigenvalue weighted by Crippen LogP contribution is -1.85. The summed E-state index contributed by atoms with van der Waals surface area (Å²) in [4.78, 5) is 9.20. The Balaban J connectivity index is 2.11. The molecule has 0 amide bonds. The Morgan fingerprint density at radius 1 is 1.06 bits per heavy atom. The van der Waals surface area contributed by atoms with Crippen LogP contribution in [0.15, 0.2) is 41.8 Å². The molecular formula is C14H12N2S. The van der Waals surface area contributed by atoms with E-state index < -0.39 is 0 Å². The standard InChI is InChI=1S/C14H12N2S/c1-2-11-9-17-14(15-11)13-8-7-10-5-3-4-6-12(10)16-13/h3-9H,2H2,1H3. The number of hydrogen-bond donors (Lipinski definition) is 0. The van der Waals surface area contributed by atoms with Gasteiger partial charge in [-0.15, -0.1) is 11.3 Å². The first kappa shape index (κ1) is 10.4. The Bertz CT molecular complexity index is 658. The van der Waals surface area contributed by atoms with E-state index in [1.165, 1.54) is 5.39 Å². The summed E-state index contributed by atoms with van der Waals surface area (Å²) in [6.07, 6.45) is 0.976. The molecule has 3 heteroatoms. The Morgan fingerprint density at radius 3 is 2.76 bits per heavy atom. The molecule has 2 nitrogen and oxygen atoms in total. The van der Waals surface area contributed by atoms with E-state index in [1.54, 1.807) is 11.3 Å². The highest BCUT2D eigenvalue weighted by Crippen LogP contribution is 2.24. The number of fused-ring (bicyclic) bond motifs is 1. The van der Waals surface area contributed by atoms with Crippen molar-refractivity contribution >= 4 is 22.2 Å². The highest BCUT2D eigenvalue weighted by atomic mass is 32.1. The van der Waals surface area contributed by atoms with E-state index in [2.05, 4.69) is 34.4 Å². The van der Waals surface area contributed by atoms with Crippen LogP contribution in [0, 0.1) is 0 Å². The van der Waals surface area contributed by atoms with E-state index in [4.69, 9.17) is 0 Å². The van der Waals surface area contributed by atoms with Crippen molar-refractivity contribution in [2.24, 2.45) is 0 Å². The summed E-state index contributed by atoms with van der Waals surface area (Å²) in [6.45, 7) is 2.12. The van der Waals surface area contributed by atoms with Crippen LogP contribution in [0.1, 0.15) is 12.6 Å². The minimum atomic E-state index is 0.966. The van der Waals surface area contributed by atoms with Crippen LogP contribution in [0.4, 0.5) is 0 Å². The molecule has 3 rings (SSSR count). The molecule has 0 saturated carbocycles. The molecule has 0 radical (unpaired) electrons. The predicted octanol–water partition coefficient (Wildman–Crippen LogP) is 3.92. The fourth-order valence-electron chi connectivity index (χ4n) is 1.77. The number of hydrogen-bond acceptors (Lipinski definition) is 3. The Hall–Kier alpha value is -1.74. The first-order valence-corrected chi connectivity index (χ1v) is 6.55. The number of thiazole rings is 1. The second-order valence-corrected chi connectivity index (χ2v) is 4.74. The molecule has 0 atom stereocenters. The van der Waals surface area contributed by atoms with Crippen molar-refractivity contribution in [2.75, 3.05) is 0 Å². The molecule has 0 aliphatic heterocycles. The Morgan fingerprint density at radius 2 is 1.94 bits per heavy atom.